The highest BCUT2D eigenvalue weighted by Crippen LogP contribution is 2.40. The maximum atomic E-state index is 5.03. The summed E-state index contributed by atoms with van der Waals surface area (Å²) >= 11 is 1.87. The van der Waals surface area contributed by atoms with Gasteiger partial charge in [-0.3, -0.25) is 4.90 Å². The van der Waals surface area contributed by atoms with Crippen LogP contribution in [0.3, 0.4) is 0 Å². The van der Waals surface area contributed by atoms with Gasteiger partial charge >= 0.3 is 0 Å². The van der Waals surface area contributed by atoms with Gasteiger partial charge in [-0.2, -0.15) is 0 Å². The molecule has 25 heavy (non-hydrogen) atoms. The molecular formula is C21H27N3S. The summed E-state index contributed by atoms with van der Waals surface area (Å²) in [4.78, 5) is 7.58. The molecule has 3 unspecified atom stereocenters. The third kappa shape index (κ3) is 2.84. The molecule has 4 heterocycles. The molecule has 3 aliphatic heterocycles. The maximum Gasteiger partial charge on any atom is 0.120 e. The van der Waals surface area contributed by atoms with Gasteiger partial charge in [0, 0.05) is 18.1 Å². The summed E-state index contributed by atoms with van der Waals surface area (Å²) in [7, 11) is 2.28. The summed E-state index contributed by atoms with van der Waals surface area (Å²) in [5.74, 6) is 0.803. The first-order valence-corrected chi connectivity index (χ1v) is 10.6. The summed E-state index contributed by atoms with van der Waals surface area (Å²) in [5.41, 5.74) is 4.08. The summed E-state index contributed by atoms with van der Waals surface area (Å²) in [6.07, 6.45) is 8.85. The predicted molar refractivity (Wildman–Crippen MR) is 106 cm³/mol. The van der Waals surface area contributed by atoms with Crippen LogP contribution in [-0.2, 0) is 0 Å². The molecule has 2 saturated heterocycles. The fourth-order valence-electron chi connectivity index (χ4n) is 4.78. The van der Waals surface area contributed by atoms with E-state index >= 15 is 0 Å². The number of aromatic nitrogens is 1. The van der Waals surface area contributed by atoms with E-state index in [0.717, 1.165) is 18.5 Å². The number of fused-ring (bicyclic) bond motifs is 3. The fourth-order valence-corrected chi connectivity index (χ4v) is 5.76. The highest BCUT2D eigenvalue weighted by atomic mass is 32.1. The lowest BCUT2D eigenvalue weighted by Crippen LogP contribution is -2.34. The third-order valence-corrected chi connectivity index (χ3v) is 7.61. The normalized spacial score (nSPS) is 33.0. The van der Waals surface area contributed by atoms with Crippen molar-refractivity contribution in [3.63, 3.8) is 0 Å². The number of likely N-dealkylation sites (N-methyl/N-ethyl adjacent to an activating group) is 1. The number of nitrogens with one attached hydrogen (secondary N) is 1. The number of rotatable bonds is 2. The van der Waals surface area contributed by atoms with Crippen molar-refractivity contribution in [2.24, 2.45) is 5.92 Å². The largest absolute Gasteiger partial charge is 0.310 e. The molecule has 2 fully saturated rings. The second kappa shape index (κ2) is 6.19. The van der Waals surface area contributed by atoms with Crippen molar-refractivity contribution in [3.05, 3.63) is 34.8 Å². The fraction of sp³-hybridized carbons (Fsp3) is 0.571. The van der Waals surface area contributed by atoms with Crippen LogP contribution in [0.25, 0.3) is 15.8 Å². The Kier molecular flexibility index (Phi) is 3.95. The van der Waals surface area contributed by atoms with Crippen molar-refractivity contribution in [1.82, 2.24) is 15.2 Å². The Labute approximate surface area is 154 Å². The molecule has 1 N–H and O–H groups in total. The molecular weight excluding hydrogens is 326 g/mol. The SMILES string of the molecule is C[C@H]1CCC(c2ccc3sc(C4=CC5CCC(C4)N5C)nc3c2)NC1. The number of hydrogen-bond acceptors (Lipinski definition) is 4. The van der Waals surface area contributed by atoms with E-state index in [0.29, 0.717) is 12.1 Å². The smallest absolute Gasteiger partial charge is 0.120 e. The second-order valence-corrected chi connectivity index (χ2v) is 9.28. The quantitative estimate of drug-likeness (QED) is 0.855. The van der Waals surface area contributed by atoms with Crippen LogP contribution in [0.2, 0.25) is 0 Å². The second-order valence-electron chi connectivity index (χ2n) is 8.25. The lowest BCUT2D eigenvalue weighted by Gasteiger charge is -2.29. The molecule has 3 nitrogen and oxygen atoms in total. The minimum atomic E-state index is 0.504. The highest BCUT2D eigenvalue weighted by molar-refractivity contribution is 7.19. The van der Waals surface area contributed by atoms with Gasteiger partial charge < -0.3 is 5.32 Å². The van der Waals surface area contributed by atoms with Gasteiger partial charge in [-0.05, 0) is 74.9 Å². The minimum absolute atomic E-state index is 0.504. The van der Waals surface area contributed by atoms with Gasteiger partial charge in [-0.1, -0.05) is 19.1 Å². The molecule has 2 aromatic rings. The third-order valence-electron chi connectivity index (χ3n) is 6.49. The van der Waals surface area contributed by atoms with Crippen molar-refractivity contribution >= 4 is 27.1 Å². The molecule has 5 rings (SSSR count). The number of thiazole rings is 1. The van der Waals surface area contributed by atoms with Crippen LogP contribution in [0.1, 0.15) is 55.6 Å². The summed E-state index contributed by atoms with van der Waals surface area (Å²) < 4.78 is 1.33. The predicted octanol–water partition coefficient (Wildman–Crippen LogP) is 4.61. The summed E-state index contributed by atoms with van der Waals surface area (Å²) in [5, 5.41) is 4.96. The zero-order chi connectivity index (χ0) is 17.0. The summed E-state index contributed by atoms with van der Waals surface area (Å²) in [6.45, 7) is 3.47. The van der Waals surface area contributed by atoms with Crippen molar-refractivity contribution in [2.75, 3.05) is 13.6 Å². The monoisotopic (exact) mass is 353 g/mol. The van der Waals surface area contributed by atoms with Crippen LogP contribution in [0.4, 0.5) is 0 Å². The van der Waals surface area contributed by atoms with E-state index in [4.69, 9.17) is 4.98 Å². The Morgan fingerprint density at radius 2 is 2.12 bits per heavy atom. The van der Waals surface area contributed by atoms with Crippen molar-refractivity contribution in [1.29, 1.82) is 0 Å². The number of benzene rings is 1. The minimum Gasteiger partial charge on any atom is -0.310 e. The lowest BCUT2D eigenvalue weighted by molar-refractivity contribution is 0.264. The van der Waals surface area contributed by atoms with Crippen molar-refractivity contribution < 1.29 is 0 Å². The van der Waals surface area contributed by atoms with E-state index in [9.17, 15) is 0 Å². The number of hydrogen-bond donors (Lipinski definition) is 1. The summed E-state index contributed by atoms with van der Waals surface area (Å²) in [6, 6.07) is 8.78. The van der Waals surface area contributed by atoms with Gasteiger partial charge in [0.1, 0.15) is 5.01 Å². The average Bonchev–Trinajstić information content (AvgIpc) is 3.11. The Morgan fingerprint density at radius 3 is 2.92 bits per heavy atom. The Morgan fingerprint density at radius 1 is 1.20 bits per heavy atom. The van der Waals surface area contributed by atoms with Crippen LogP contribution in [0.5, 0.6) is 0 Å². The number of piperidine rings is 1. The average molecular weight is 354 g/mol. The zero-order valence-electron chi connectivity index (χ0n) is 15.2. The van der Waals surface area contributed by atoms with Gasteiger partial charge in [0.05, 0.1) is 10.2 Å². The van der Waals surface area contributed by atoms with Crippen LogP contribution in [-0.4, -0.2) is 35.6 Å². The van der Waals surface area contributed by atoms with E-state index < -0.39 is 0 Å². The molecule has 0 spiro atoms. The first kappa shape index (κ1) is 16.0. The zero-order valence-corrected chi connectivity index (χ0v) is 16.0. The van der Waals surface area contributed by atoms with E-state index in [1.54, 1.807) is 0 Å². The Hall–Kier alpha value is -1.23. The van der Waals surface area contributed by atoms with Gasteiger partial charge in [-0.25, -0.2) is 4.98 Å². The first-order valence-electron chi connectivity index (χ1n) is 9.74. The number of nitrogens with zero attached hydrogens (tertiary/aromatic N) is 2. The first-order chi connectivity index (χ1) is 12.2. The molecule has 4 heteroatoms. The Bertz CT molecular complexity index is 816. The van der Waals surface area contributed by atoms with Crippen LogP contribution in [0, 0.1) is 5.92 Å². The Balaban J connectivity index is 1.43. The molecule has 0 saturated carbocycles. The van der Waals surface area contributed by atoms with Crippen LogP contribution in [0.15, 0.2) is 24.3 Å². The molecule has 4 atom stereocenters. The van der Waals surface area contributed by atoms with Gasteiger partial charge in [0.2, 0.25) is 0 Å². The van der Waals surface area contributed by atoms with Crippen molar-refractivity contribution in [3.8, 4) is 0 Å². The molecule has 132 valence electrons. The van der Waals surface area contributed by atoms with E-state index in [-0.39, 0.29) is 0 Å². The van der Waals surface area contributed by atoms with Crippen molar-refractivity contribution in [2.45, 2.75) is 57.2 Å². The molecule has 1 aromatic heterocycles. The van der Waals surface area contributed by atoms with Gasteiger partial charge in [0.15, 0.2) is 0 Å². The van der Waals surface area contributed by atoms with Gasteiger partial charge in [-0.15, -0.1) is 11.3 Å². The lowest BCUT2D eigenvalue weighted by atomic mass is 9.92. The molecule has 2 bridgehead atoms. The van der Waals surface area contributed by atoms with E-state index in [1.165, 1.54) is 58.5 Å². The molecule has 0 aliphatic carbocycles. The molecule has 1 aromatic carbocycles. The van der Waals surface area contributed by atoms with Crippen LogP contribution >= 0.6 is 11.3 Å². The maximum absolute atomic E-state index is 5.03. The van der Waals surface area contributed by atoms with Crippen LogP contribution < -0.4 is 5.32 Å². The standard InChI is InChI=1S/C21H27N3S/c1-13-3-7-18(22-12-13)14-4-8-20-19(11-14)23-21(25-20)15-9-16-5-6-17(10-15)24(16)2/h4,8-9,11,13,16-18,22H,3,5-7,10,12H2,1-2H3/t13-,16?,17?,18?/m0/s1. The topological polar surface area (TPSA) is 28.2 Å². The van der Waals surface area contributed by atoms with Gasteiger partial charge in [0.25, 0.3) is 0 Å². The molecule has 0 radical (unpaired) electrons. The van der Waals surface area contributed by atoms with E-state index in [1.807, 2.05) is 11.3 Å². The molecule has 3 aliphatic rings. The molecule has 0 amide bonds. The highest BCUT2D eigenvalue weighted by Gasteiger charge is 2.34. The van der Waals surface area contributed by atoms with E-state index in [2.05, 4.69) is 48.5 Å².